The molecular formula is C13H17N5O2. The second-order valence-corrected chi connectivity index (χ2v) is 4.37. The van der Waals surface area contributed by atoms with Crippen molar-refractivity contribution in [3.05, 3.63) is 29.3 Å². The molecule has 1 aliphatic heterocycles. The first kappa shape index (κ1) is 14.0. The van der Waals surface area contributed by atoms with E-state index >= 15 is 0 Å². The smallest absolute Gasteiger partial charge is 0.267 e. The third kappa shape index (κ3) is 2.94. The Bertz CT molecular complexity index is 568. The van der Waals surface area contributed by atoms with Gasteiger partial charge in [0.1, 0.15) is 5.84 Å². The second kappa shape index (κ2) is 6.16. The number of anilines is 1. The fraction of sp³-hybridized carbons (Fsp3) is 0.308. The summed E-state index contributed by atoms with van der Waals surface area (Å²) in [5.74, 6) is 5.41. The quantitative estimate of drug-likeness (QED) is 0.260. The van der Waals surface area contributed by atoms with Crippen LogP contribution in [0.1, 0.15) is 27.6 Å². The molecule has 1 heterocycles. The van der Waals surface area contributed by atoms with E-state index in [1.54, 1.807) is 18.2 Å². The zero-order valence-corrected chi connectivity index (χ0v) is 11.2. The number of ketones is 1. The summed E-state index contributed by atoms with van der Waals surface area (Å²) in [4.78, 5) is 27.7. The van der Waals surface area contributed by atoms with Crippen LogP contribution in [0.4, 0.5) is 5.69 Å². The highest BCUT2D eigenvalue weighted by Crippen LogP contribution is 2.21. The lowest BCUT2D eigenvalue weighted by atomic mass is 10.0. The molecule has 1 amide bonds. The van der Waals surface area contributed by atoms with Gasteiger partial charge < -0.3 is 10.6 Å². The summed E-state index contributed by atoms with van der Waals surface area (Å²) >= 11 is 0. The maximum atomic E-state index is 11.8. The van der Waals surface area contributed by atoms with E-state index in [-0.39, 0.29) is 5.78 Å². The number of nitrogens with one attached hydrogen (secondary N) is 3. The Morgan fingerprint density at radius 1 is 1.40 bits per heavy atom. The summed E-state index contributed by atoms with van der Waals surface area (Å²) in [6.45, 7) is 3.42. The molecule has 106 valence electrons. The van der Waals surface area contributed by atoms with Crippen LogP contribution in [0.3, 0.4) is 0 Å². The first-order valence-corrected chi connectivity index (χ1v) is 6.29. The van der Waals surface area contributed by atoms with Crippen LogP contribution in [0.5, 0.6) is 0 Å². The predicted molar refractivity (Wildman–Crippen MR) is 76.9 cm³/mol. The number of amides is 1. The van der Waals surface area contributed by atoms with Gasteiger partial charge in [-0.1, -0.05) is 6.07 Å². The molecule has 5 N–H and O–H groups in total. The standard InChI is InChI=1S/C13H17N5O2/c1-8(19)9-3-2-4-10(13(20)18-14)12(9)17-7-11-15-5-6-16-11/h2-4,17H,5-7,14H2,1H3,(H,15,16)(H,18,20). The molecule has 1 aromatic carbocycles. The van der Waals surface area contributed by atoms with Gasteiger partial charge in [-0.25, -0.2) is 5.84 Å². The van der Waals surface area contributed by atoms with Crippen molar-refractivity contribution in [2.24, 2.45) is 10.8 Å². The third-order valence-electron chi connectivity index (χ3n) is 3.00. The maximum absolute atomic E-state index is 11.8. The van der Waals surface area contributed by atoms with Crippen LogP contribution in [0.25, 0.3) is 0 Å². The van der Waals surface area contributed by atoms with Gasteiger partial charge >= 0.3 is 0 Å². The van der Waals surface area contributed by atoms with Crippen LogP contribution < -0.4 is 21.9 Å². The van der Waals surface area contributed by atoms with Crippen molar-refractivity contribution in [3.63, 3.8) is 0 Å². The average Bonchev–Trinajstić information content (AvgIpc) is 2.97. The lowest BCUT2D eigenvalue weighted by molar-refractivity contribution is 0.0954. The molecule has 0 atom stereocenters. The molecule has 0 fully saturated rings. The number of Topliss-reactive ketones (excluding diaryl/α,β-unsaturated/α-hetero) is 1. The second-order valence-electron chi connectivity index (χ2n) is 4.37. The molecule has 0 radical (unpaired) electrons. The number of rotatable bonds is 5. The molecule has 0 bridgehead atoms. The number of amidine groups is 1. The first-order chi connectivity index (χ1) is 9.63. The van der Waals surface area contributed by atoms with Gasteiger partial charge in [-0.3, -0.25) is 20.0 Å². The fourth-order valence-corrected chi connectivity index (χ4v) is 2.04. The normalized spacial score (nSPS) is 13.4. The summed E-state index contributed by atoms with van der Waals surface area (Å²) < 4.78 is 0. The Balaban J connectivity index is 2.30. The summed E-state index contributed by atoms with van der Waals surface area (Å²) in [7, 11) is 0. The summed E-state index contributed by atoms with van der Waals surface area (Å²) in [5, 5.41) is 6.21. The van der Waals surface area contributed by atoms with Gasteiger partial charge in [0.25, 0.3) is 5.91 Å². The van der Waals surface area contributed by atoms with Crippen molar-refractivity contribution in [3.8, 4) is 0 Å². The number of carbonyl (C=O) groups excluding carboxylic acids is 2. The van der Waals surface area contributed by atoms with Crippen LogP contribution in [0.15, 0.2) is 23.2 Å². The molecule has 0 unspecified atom stereocenters. The molecule has 0 spiro atoms. The molecule has 1 aromatic rings. The molecule has 0 saturated carbocycles. The van der Waals surface area contributed by atoms with Crippen LogP contribution in [-0.2, 0) is 0 Å². The summed E-state index contributed by atoms with van der Waals surface area (Å²) in [5.41, 5.74) is 3.33. The van der Waals surface area contributed by atoms with E-state index in [1.165, 1.54) is 6.92 Å². The maximum Gasteiger partial charge on any atom is 0.267 e. The van der Waals surface area contributed by atoms with E-state index in [0.717, 1.165) is 18.9 Å². The largest absolute Gasteiger partial charge is 0.377 e. The lowest BCUT2D eigenvalue weighted by Crippen LogP contribution is -2.32. The third-order valence-corrected chi connectivity index (χ3v) is 3.00. The average molecular weight is 275 g/mol. The van der Waals surface area contributed by atoms with Crippen molar-refractivity contribution in [1.29, 1.82) is 0 Å². The van der Waals surface area contributed by atoms with E-state index < -0.39 is 5.91 Å². The van der Waals surface area contributed by atoms with Gasteiger partial charge in [-0.05, 0) is 19.1 Å². The fourth-order valence-electron chi connectivity index (χ4n) is 2.04. The summed E-state index contributed by atoms with van der Waals surface area (Å²) in [6.07, 6.45) is 0. The molecule has 2 rings (SSSR count). The number of benzene rings is 1. The monoisotopic (exact) mass is 275 g/mol. The van der Waals surface area contributed by atoms with Crippen molar-refractivity contribution in [1.82, 2.24) is 10.7 Å². The topological polar surface area (TPSA) is 109 Å². The first-order valence-electron chi connectivity index (χ1n) is 6.29. The van der Waals surface area contributed by atoms with Crippen LogP contribution in [0, 0.1) is 0 Å². The van der Waals surface area contributed by atoms with E-state index in [2.05, 4.69) is 21.1 Å². The number of hydrogen-bond acceptors (Lipinski definition) is 6. The number of nitrogens with zero attached hydrogens (tertiary/aromatic N) is 1. The van der Waals surface area contributed by atoms with Gasteiger partial charge in [0, 0.05) is 12.1 Å². The number of hydrogen-bond donors (Lipinski definition) is 4. The molecule has 0 aliphatic carbocycles. The van der Waals surface area contributed by atoms with E-state index in [4.69, 9.17) is 5.84 Å². The van der Waals surface area contributed by atoms with Crippen molar-refractivity contribution in [2.45, 2.75) is 6.92 Å². The minimum Gasteiger partial charge on any atom is -0.377 e. The van der Waals surface area contributed by atoms with Crippen molar-refractivity contribution >= 4 is 23.2 Å². The Morgan fingerprint density at radius 3 is 2.75 bits per heavy atom. The van der Waals surface area contributed by atoms with Gasteiger partial charge in [0.15, 0.2) is 5.78 Å². The van der Waals surface area contributed by atoms with Crippen LogP contribution >= 0.6 is 0 Å². The number of hydrazine groups is 1. The van der Waals surface area contributed by atoms with Crippen LogP contribution in [-0.4, -0.2) is 37.2 Å². The lowest BCUT2D eigenvalue weighted by Gasteiger charge is -2.14. The molecule has 0 saturated heterocycles. The SMILES string of the molecule is CC(=O)c1cccc(C(=O)NN)c1NCC1=NCCN1. The van der Waals surface area contributed by atoms with Gasteiger partial charge in [-0.2, -0.15) is 0 Å². The van der Waals surface area contributed by atoms with Gasteiger partial charge in [-0.15, -0.1) is 0 Å². The Labute approximate surface area is 116 Å². The van der Waals surface area contributed by atoms with Gasteiger partial charge in [0.05, 0.1) is 24.3 Å². The number of carbonyl (C=O) groups is 2. The Morgan fingerprint density at radius 2 is 2.15 bits per heavy atom. The number of aliphatic imine (C=N–C) groups is 1. The van der Waals surface area contributed by atoms with E-state index in [0.29, 0.717) is 23.4 Å². The zero-order valence-electron chi connectivity index (χ0n) is 11.2. The van der Waals surface area contributed by atoms with Crippen molar-refractivity contribution < 1.29 is 9.59 Å². The Kier molecular flexibility index (Phi) is 4.31. The molecule has 1 aliphatic rings. The van der Waals surface area contributed by atoms with Gasteiger partial charge in [0.2, 0.25) is 0 Å². The highest BCUT2D eigenvalue weighted by Gasteiger charge is 2.17. The van der Waals surface area contributed by atoms with Crippen LogP contribution in [0.2, 0.25) is 0 Å². The predicted octanol–water partition coefficient (Wildman–Crippen LogP) is -0.0937. The number of para-hydroxylation sites is 1. The minimum atomic E-state index is -0.447. The minimum absolute atomic E-state index is 0.125. The highest BCUT2D eigenvalue weighted by atomic mass is 16.2. The molecular weight excluding hydrogens is 258 g/mol. The number of nitrogens with two attached hydrogens (primary N) is 1. The van der Waals surface area contributed by atoms with E-state index in [9.17, 15) is 9.59 Å². The highest BCUT2D eigenvalue weighted by molar-refractivity contribution is 6.08. The van der Waals surface area contributed by atoms with Crippen molar-refractivity contribution in [2.75, 3.05) is 25.0 Å². The summed E-state index contributed by atoms with van der Waals surface area (Å²) in [6, 6.07) is 4.93. The Hall–Kier alpha value is -2.41. The molecule has 7 heteroatoms. The zero-order chi connectivity index (χ0) is 14.5. The molecule has 20 heavy (non-hydrogen) atoms. The molecule has 7 nitrogen and oxygen atoms in total. The number of nitrogen functional groups attached to an aromatic ring is 1. The molecule has 0 aromatic heterocycles. The van der Waals surface area contributed by atoms with E-state index in [1.807, 2.05) is 0 Å².